The molecule has 2 aromatic carbocycles. The van der Waals surface area contributed by atoms with Gasteiger partial charge in [0.2, 0.25) is 4.77 Å². The maximum Gasteiger partial charge on any atom is 0.387 e. The smallest absolute Gasteiger partial charge is 0.387 e. The van der Waals surface area contributed by atoms with Crippen molar-refractivity contribution in [1.82, 2.24) is 14.9 Å². The van der Waals surface area contributed by atoms with E-state index in [9.17, 15) is 8.78 Å². The average molecular weight is 411 g/mol. The monoisotopic (exact) mass is 410 g/mol. The van der Waals surface area contributed by atoms with Crippen LogP contribution in [-0.4, -0.2) is 34.8 Å². The normalized spacial score (nSPS) is 11.3. The lowest BCUT2D eigenvalue weighted by Gasteiger charge is -2.12. The van der Waals surface area contributed by atoms with Crippen molar-refractivity contribution >= 4 is 30.0 Å². The molecule has 0 aliphatic rings. The first-order valence-electron chi connectivity index (χ1n) is 7.59. The fourth-order valence-electron chi connectivity index (χ4n) is 2.35. The molecule has 3 aromatic rings. The van der Waals surface area contributed by atoms with Gasteiger partial charge in [-0.1, -0.05) is 29.8 Å². The van der Waals surface area contributed by atoms with Gasteiger partial charge in [-0.05, 0) is 36.5 Å². The molecule has 6 nitrogen and oxygen atoms in total. The third-order valence-electron chi connectivity index (χ3n) is 3.51. The summed E-state index contributed by atoms with van der Waals surface area (Å²) in [6.45, 7) is -3.01. The Morgan fingerprint density at radius 2 is 2.04 bits per heavy atom. The van der Waals surface area contributed by atoms with E-state index in [0.29, 0.717) is 16.4 Å². The number of halogens is 3. The minimum absolute atomic E-state index is 0.131. The Morgan fingerprint density at radius 1 is 1.26 bits per heavy atom. The van der Waals surface area contributed by atoms with Crippen molar-refractivity contribution in [3.63, 3.8) is 0 Å². The standard InChI is InChI=1S/C17H13ClF2N4O2S/c1-25-13-8-4-5-10(14(13)26-16(19)20)9-21-24-15(22-23-17(24)27)11-6-2-3-7-12(11)18/h2-9,16H,1H3,(H,23,27)/b21-9-. The van der Waals surface area contributed by atoms with E-state index in [4.69, 9.17) is 28.6 Å². The molecule has 1 N–H and O–H groups in total. The largest absolute Gasteiger partial charge is 0.493 e. The van der Waals surface area contributed by atoms with Crippen molar-refractivity contribution in [2.45, 2.75) is 6.61 Å². The molecule has 0 radical (unpaired) electrons. The van der Waals surface area contributed by atoms with Crippen LogP contribution in [0, 0.1) is 4.77 Å². The zero-order valence-electron chi connectivity index (χ0n) is 13.9. The number of rotatable bonds is 6. The molecule has 0 amide bonds. The molecule has 140 valence electrons. The van der Waals surface area contributed by atoms with Crippen LogP contribution in [0.2, 0.25) is 5.02 Å². The Labute approximate surface area is 163 Å². The van der Waals surface area contributed by atoms with Gasteiger partial charge in [0.05, 0.1) is 18.3 Å². The van der Waals surface area contributed by atoms with E-state index in [1.807, 2.05) is 0 Å². The third-order valence-corrected chi connectivity index (χ3v) is 4.11. The maximum atomic E-state index is 12.8. The molecule has 0 spiro atoms. The van der Waals surface area contributed by atoms with Gasteiger partial charge in [-0.2, -0.15) is 23.7 Å². The van der Waals surface area contributed by atoms with Crippen LogP contribution in [-0.2, 0) is 0 Å². The van der Waals surface area contributed by atoms with E-state index in [1.165, 1.54) is 24.1 Å². The number of para-hydroxylation sites is 1. The van der Waals surface area contributed by atoms with Gasteiger partial charge in [-0.25, -0.2) is 5.10 Å². The van der Waals surface area contributed by atoms with Gasteiger partial charge in [0.25, 0.3) is 0 Å². The van der Waals surface area contributed by atoms with Gasteiger partial charge in [-0.3, -0.25) is 0 Å². The van der Waals surface area contributed by atoms with Crippen molar-refractivity contribution < 1.29 is 18.3 Å². The minimum atomic E-state index is -3.01. The first kappa shape index (κ1) is 19.0. The average Bonchev–Trinajstić information content (AvgIpc) is 3.01. The van der Waals surface area contributed by atoms with Crippen LogP contribution in [0.5, 0.6) is 11.5 Å². The summed E-state index contributed by atoms with van der Waals surface area (Å²) in [5, 5.41) is 11.5. The van der Waals surface area contributed by atoms with Crippen LogP contribution >= 0.6 is 23.8 Å². The van der Waals surface area contributed by atoms with Crippen molar-refractivity contribution in [1.29, 1.82) is 0 Å². The van der Waals surface area contributed by atoms with E-state index in [1.54, 1.807) is 36.4 Å². The van der Waals surface area contributed by atoms with Crippen LogP contribution in [0.3, 0.4) is 0 Å². The fourth-order valence-corrected chi connectivity index (χ4v) is 2.75. The molecule has 10 heteroatoms. The van der Waals surface area contributed by atoms with Crippen molar-refractivity contribution in [3.05, 3.63) is 57.8 Å². The summed E-state index contributed by atoms with van der Waals surface area (Å²) in [6.07, 6.45) is 1.33. The fraction of sp³-hybridized carbons (Fsp3) is 0.118. The van der Waals surface area contributed by atoms with Crippen LogP contribution in [0.15, 0.2) is 47.6 Å². The summed E-state index contributed by atoms with van der Waals surface area (Å²) in [6, 6.07) is 11.7. The minimum Gasteiger partial charge on any atom is -0.493 e. The molecule has 0 saturated heterocycles. The number of aromatic nitrogens is 3. The summed E-state index contributed by atoms with van der Waals surface area (Å²) in [7, 11) is 1.36. The highest BCUT2D eigenvalue weighted by Gasteiger charge is 2.15. The zero-order chi connectivity index (χ0) is 19.4. The van der Waals surface area contributed by atoms with Crippen LogP contribution in [0.1, 0.15) is 5.56 Å². The summed E-state index contributed by atoms with van der Waals surface area (Å²) < 4.78 is 36.7. The highest BCUT2D eigenvalue weighted by atomic mass is 35.5. The molecule has 27 heavy (non-hydrogen) atoms. The maximum absolute atomic E-state index is 12.8. The second-order valence-electron chi connectivity index (χ2n) is 5.15. The highest BCUT2D eigenvalue weighted by molar-refractivity contribution is 7.71. The van der Waals surface area contributed by atoms with E-state index >= 15 is 0 Å². The first-order valence-corrected chi connectivity index (χ1v) is 8.38. The lowest BCUT2D eigenvalue weighted by molar-refractivity contribution is -0.0513. The van der Waals surface area contributed by atoms with Gasteiger partial charge in [0.15, 0.2) is 17.3 Å². The van der Waals surface area contributed by atoms with Gasteiger partial charge in [0, 0.05) is 11.1 Å². The molecule has 0 atom stereocenters. The predicted molar refractivity (Wildman–Crippen MR) is 100 cm³/mol. The summed E-state index contributed by atoms with van der Waals surface area (Å²) >= 11 is 11.4. The summed E-state index contributed by atoms with van der Waals surface area (Å²) in [4.78, 5) is 0. The number of nitrogens with one attached hydrogen (secondary N) is 1. The quantitative estimate of drug-likeness (QED) is 0.470. The predicted octanol–water partition coefficient (Wildman–Crippen LogP) is 4.75. The molecule has 3 rings (SSSR count). The number of aromatic amines is 1. The van der Waals surface area contributed by atoms with Gasteiger partial charge in [-0.15, -0.1) is 0 Å². The van der Waals surface area contributed by atoms with Crippen LogP contribution < -0.4 is 9.47 Å². The van der Waals surface area contributed by atoms with E-state index in [2.05, 4.69) is 20.0 Å². The lowest BCUT2D eigenvalue weighted by atomic mass is 10.2. The Bertz CT molecular complexity index is 1040. The van der Waals surface area contributed by atoms with Crippen molar-refractivity contribution in [2.24, 2.45) is 5.10 Å². The second kappa shape index (κ2) is 8.28. The van der Waals surface area contributed by atoms with Crippen molar-refractivity contribution in [2.75, 3.05) is 7.11 Å². The topological polar surface area (TPSA) is 64.4 Å². The molecule has 0 bridgehead atoms. The van der Waals surface area contributed by atoms with E-state index < -0.39 is 6.61 Å². The second-order valence-corrected chi connectivity index (χ2v) is 5.94. The molecule has 0 unspecified atom stereocenters. The zero-order valence-corrected chi connectivity index (χ0v) is 15.5. The van der Waals surface area contributed by atoms with E-state index in [0.717, 1.165) is 0 Å². The Balaban J connectivity index is 2.05. The molecule has 0 aliphatic heterocycles. The Morgan fingerprint density at radius 3 is 2.74 bits per heavy atom. The number of benzene rings is 2. The lowest BCUT2D eigenvalue weighted by Crippen LogP contribution is -2.06. The van der Waals surface area contributed by atoms with Crippen molar-refractivity contribution in [3.8, 4) is 22.9 Å². The number of alkyl halides is 2. The molecule has 0 fully saturated rings. The van der Waals surface area contributed by atoms with Gasteiger partial charge in [0.1, 0.15) is 0 Å². The highest BCUT2D eigenvalue weighted by Crippen LogP contribution is 2.32. The number of hydrogen-bond donors (Lipinski definition) is 1. The van der Waals surface area contributed by atoms with Crippen LogP contribution in [0.4, 0.5) is 8.78 Å². The van der Waals surface area contributed by atoms with Gasteiger partial charge >= 0.3 is 6.61 Å². The number of hydrogen-bond acceptors (Lipinski definition) is 5. The summed E-state index contributed by atoms with van der Waals surface area (Å²) in [5.74, 6) is 0.399. The molecule has 0 saturated carbocycles. The molecular weight excluding hydrogens is 398 g/mol. The molecular formula is C17H13ClF2N4O2S. The number of nitrogens with zero attached hydrogens (tertiary/aromatic N) is 3. The Hall–Kier alpha value is -2.78. The molecule has 1 aromatic heterocycles. The third kappa shape index (κ3) is 4.15. The number of methoxy groups -OCH3 is 1. The Kier molecular flexibility index (Phi) is 5.82. The first-order chi connectivity index (χ1) is 13.0. The van der Waals surface area contributed by atoms with Crippen LogP contribution in [0.25, 0.3) is 11.4 Å². The number of H-pyrrole nitrogens is 1. The molecule has 0 aliphatic carbocycles. The number of ether oxygens (including phenoxy) is 2. The van der Waals surface area contributed by atoms with Gasteiger partial charge < -0.3 is 9.47 Å². The van der Waals surface area contributed by atoms with E-state index in [-0.39, 0.29) is 21.8 Å². The summed E-state index contributed by atoms with van der Waals surface area (Å²) in [5.41, 5.74) is 0.890. The molecule has 1 heterocycles. The SMILES string of the molecule is COc1cccc(/C=N\n2c(-c3ccccc3Cl)n[nH]c2=S)c1OC(F)F.